The van der Waals surface area contributed by atoms with Crippen molar-refractivity contribution in [1.82, 2.24) is 5.32 Å². The summed E-state index contributed by atoms with van der Waals surface area (Å²) >= 11 is 0. The molecule has 1 N–H and O–H groups in total. The molecule has 0 saturated heterocycles. The van der Waals surface area contributed by atoms with Crippen LogP contribution in [0.1, 0.15) is 45.6 Å². The maximum atomic E-state index is 5.36. The molecule has 0 amide bonds. The Labute approximate surface area is 130 Å². The monoisotopic (exact) mass is 289 g/mol. The lowest BCUT2D eigenvalue weighted by atomic mass is 9.65. The summed E-state index contributed by atoms with van der Waals surface area (Å²) in [6.07, 6.45) is 5.23. The number of hydrogen-bond donors (Lipinski definition) is 1. The van der Waals surface area contributed by atoms with Crippen molar-refractivity contribution in [2.45, 2.75) is 46.5 Å². The summed E-state index contributed by atoms with van der Waals surface area (Å²) in [4.78, 5) is 0. The minimum absolute atomic E-state index is 0.492. The van der Waals surface area contributed by atoms with Gasteiger partial charge in [-0.15, -0.1) is 0 Å². The first-order chi connectivity index (χ1) is 10.0. The second kappa shape index (κ2) is 7.31. The van der Waals surface area contributed by atoms with Crippen LogP contribution in [-0.4, -0.2) is 20.2 Å². The molecule has 21 heavy (non-hydrogen) atoms. The molecule has 2 atom stereocenters. The molecule has 1 aliphatic carbocycles. The fourth-order valence-corrected chi connectivity index (χ4v) is 3.73. The van der Waals surface area contributed by atoms with Crippen molar-refractivity contribution in [2.24, 2.45) is 17.3 Å². The van der Waals surface area contributed by atoms with Crippen molar-refractivity contribution in [3.63, 3.8) is 0 Å². The molecule has 2 nitrogen and oxygen atoms in total. The third-order valence-corrected chi connectivity index (χ3v) is 4.96. The predicted octanol–water partition coefficient (Wildman–Crippen LogP) is 4.29. The van der Waals surface area contributed by atoms with E-state index in [4.69, 9.17) is 4.74 Å². The van der Waals surface area contributed by atoms with Crippen LogP contribution >= 0.6 is 0 Å². The molecule has 0 heterocycles. The molecular weight excluding hydrogens is 258 g/mol. The highest BCUT2D eigenvalue weighted by atomic mass is 16.5. The third kappa shape index (κ3) is 4.74. The van der Waals surface area contributed by atoms with Gasteiger partial charge in [0.05, 0.1) is 7.11 Å². The quantitative estimate of drug-likeness (QED) is 0.843. The van der Waals surface area contributed by atoms with Gasteiger partial charge >= 0.3 is 0 Å². The molecule has 1 fully saturated rings. The van der Waals surface area contributed by atoms with Crippen LogP contribution in [0.25, 0.3) is 0 Å². The smallest absolute Gasteiger partial charge is 0.119 e. The van der Waals surface area contributed by atoms with Crippen LogP contribution in [0.2, 0.25) is 0 Å². The van der Waals surface area contributed by atoms with Gasteiger partial charge in [0.25, 0.3) is 0 Å². The fraction of sp³-hybridized carbons (Fsp3) is 0.684. The van der Waals surface area contributed by atoms with Gasteiger partial charge in [-0.3, -0.25) is 0 Å². The minimum atomic E-state index is 0.492. The molecule has 0 bridgehead atoms. The van der Waals surface area contributed by atoms with E-state index < -0.39 is 0 Å². The summed E-state index contributed by atoms with van der Waals surface area (Å²) in [5.74, 6) is 2.56. The highest BCUT2D eigenvalue weighted by Gasteiger charge is 2.34. The highest BCUT2D eigenvalue weighted by molar-refractivity contribution is 5.28. The Morgan fingerprint density at radius 1 is 1.29 bits per heavy atom. The number of nitrogens with one attached hydrogen (secondary N) is 1. The second-order valence-corrected chi connectivity index (χ2v) is 7.29. The fourth-order valence-electron chi connectivity index (χ4n) is 3.73. The maximum absolute atomic E-state index is 5.36. The van der Waals surface area contributed by atoms with Gasteiger partial charge in [-0.05, 0) is 73.7 Å². The van der Waals surface area contributed by atoms with E-state index in [1.807, 2.05) is 6.07 Å². The van der Waals surface area contributed by atoms with Crippen molar-refractivity contribution in [3.05, 3.63) is 29.8 Å². The van der Waals surface area contributed by atoms with E-state index in [0.29, 0.717) is 5.41 Å². The van der Waals surface area contributed by atoms with Gasteiger partial charge in [0.1, 0.15) is 5.75 Å². The van der Waals surface area contributed by atoms with E-state index in [0.717, 1.165) is 24.1 Å². The Hall–Kier alpha value is -1.02. The average molecular weight is 289 g/mol. The standard InChI is InChI=1S/C19H31NO/c1-5-20-14-16-9-10-19(2,3)13-17(16)11-15-7-6-8-18(12-15)21-4/h6-8,12,16-17,20H,5,9-11,13-14H2,1-4H3. The normalized spacial score (nSPS) is 24.8. The number of methoxy groups -OCH3 is 1. The van der Waals surface area contributed by atoms with Crippen LogP contribution in [0.5, 0.6) is 5.75 Å². The van der Waals surface area contributed by atoms with Gasteiger partial charge in [-0.25, -0.2) is 0 Å². The van der Waals surface area contributed by atoms with E-state index in [1.54, 1.807) is 7.11 Å². The second-order valence-electron chi connectivity index (χ2n) is 7.29. The van der Waals surface area contributed by atoms with E-state index in [2.05, 4.69) is 44.3 Å². The van der Waals surface area contributed by atoms with Gasteiger partial charge in [0, 0.05) is 0 Å². The van der Waals surface area contributed by atoms with Crippen LogP contribution < -0.4 is 10.1 Å². The molecule has 1 aromatic rings. The zero-order valence-electron chi connectivity index (χ0n) is 14.1. The van der Waals surface area contributed by atoms with E-state index >= 15 is 0 Å². The summed E-state index contributed by atoms with van der Waals surface area (Å²) in [6.45, 7) is 9.29. The van der Waals surface area contributed by atoms with Crippen molar-refractivity contribution < 1.29 is 4.74 Å². The SMILES string of the molecule is CCNCC1CCC(C)(C)CC1Cc1cccc(OC)c1. The van der Waals surface area contributed by atoms with Gasteiger partial charge in [-0.2, -0.15) is 0 Å². The van der Waals surface area contributed by atoms with E-state index in [9.17, 15) is 0 Å². The van der Waals surface area contributed by atoms with Gasteiger partial charge in [0.15, 0.2) is 0 Å². The molecule has 2 unspecified atom stereocenters. The Morgan fingerprint density at radius 3 is 2.81 bits per heavy atom. The van der Waals surface area contributed by atoms with Crippen LogP contribution in [0.4, 0.5) is 0 Å². The van der Waals surface area contributed by atoms with Gasteiger partial charge in [0.2, 0.25) is 0 Å². The largest absolute Gasteiger partial charge is 0.497 e. The van der Waals surface area contributed by atoms with Gasteiger partial charge in [-0.1, -0.05) is 32.9 Å². The van der Waals surface area contributed by atoms with Crippen molar-refractivity contribution >= 4 is 0 Å². The van der Waals surface area contributed by atoms with E-state index in [1.165, 1.54) is 37.8 Å². The minimum Gasteiger partial charge on any atom is -0.497 e. The molecule has 1 saturated carbocycles. The first-order valence-electron chi connectivity index (χ1n) is 8.37. The van der Waals surface area contributed by atoms with Crippen LogP contribution in [0.3, 0.4) is 0 Å². The molecule has 118 valence electrons. The topological polar surface area (TPSA) is 21.3 Å². The third-order valence-electron chi connectivity index (χ3n) is 4.96. The first kappa shape index (κ1) is 16.4. The van der Waals surface area contributed by atoms with Gasteiger partial charge < -0.3 is 10.1 Å². The summed E-state index contributed by atoms with van der Waals surface area (Å²) < 4.78 is 5.36. The summed E-state index contributed by atoms with van der Waals surface area (Å²) in [5.41, 5.74) is 1.91. The summed E-state index contributed by atoms with van der Waals surface area (Å²) in [5, 5.41) is 3.56. The number of ether oxygens (including phenoxy) is 1. The maximum Gasteiger partial charge on any atom is 0.119 e. The van der Waals surface area contributed by atoms with Crippen molar-refractivity contribution in [1.29, 1.82) is 0 Å². The summed E-state index contributed by atoms with van der Waals surface area (Å²) in [6, 6.07) is 8.59. The number of hydrogen-bond acceptors (Lipinski definition) is 2. The molecule has 1 aliphatic rings. The Kier molecular flexibility index (Phi) is 5.69. The lowest BCUT2D eigenvalue weighted by molar-refractivity contribution is 0.116. The summed E-state index contributed by atoms with van der Waals surface area (Å²) in [7, 11) is 1.75. The Balaban J connectivity index is 2.07. The zero-order valence-corrected chi connectivity index (χ0v) is 14.1. The molecule has 1 aromatic carbocycles. The molecule has 0 aliphatic heterocycles. The van der Waals surface area contributed by atoms with Crippen molar-refractivity contribution in [3.8, 4) is 5.75 Å². The number of benzene rings is 1. The average Bonchev–Trinajstić information content (AvgIpc) is 2.46. The van der Waals surface area contributed by atoms with Crippen molar-refractivity contribution in [2.75, 3.05) is 20.2 Å². The molecule has 0 radical (unpaired) electrons. The predicted molar refractivity (Wildman–Crippen MR) is 89.9 cm³/mol. The molecule has 0 spiro atoms. The van der Waals surface area contributed by atoms with Crippen LogP contribution in [0, 0.1) is 17.3 Å². The zero-order chi connectivity index (χ0) is 15.3. The highest BCUT2D eigenvalue weighted by Crippen LogP contribution is 2.43. The molecular formula is C19H31NO. The van der Waals surface area contributed by atoms with Crippen LogP contribution in [-0.2, 0) is 6.42 Å². The Bertz CT molecular complexity index is 441. The van der Waals surface area contributed by atoms with E-state index in [-0.39, 0.29) is 0 Å². The lowest BCUT2D eigenvalue weighted by Crippen LogP contribution is -2.37. The van der Waals surface area contributed by atoms with Crippen LogP contribution in [0.15, 0.2) is 24.3 Å². The number of rotatable bonds is 6. The Morgan fingerprint density at radius 2 is 2.10 bits per heavy atom. The molecule has 2 rings (SSSR count). The lowest BCUT2D eigenvalue weighted by Gasteiger charge is -2.41. The molecule has 0 aromatic heterocycles. The first-order valence-corrected chi connectivity index (χ1v) is 8.37. The molecule has 2 heteroatoms.